The predicted octanol–water partition coefficient (Wildman–Crippen LogP) is 6.88. The van der Waals surface area contributed by atoms with Crippen LogP contribution in [0.3, 0.4) is 0 Å². The van der Waals surface area contributed by atoms with Gasteiger partial charge in [0.1, 0.15) is 12.4 Å². The molecule has 0 saturated carbocycles. The standard InChI is InChI=1S/C33H42N2O5S/c1-5-39-31(32(36)37)22-27-12-14-29(15-13-27)40-18-17-35(16-9-19-41-23-28-10-7-6-8-11-28)33(38)34-30-21-25(3)24(2)20-26(30)4/h6-8,10-15,20-21,31H,5,9,16-19,22-23H2,1-4H3,(H,34,38)(H,36,37). The minimum Gasteiger partial charge on any atom is -0.492 e. The highest BCUT2D eigenvalue weighted by atomic mass is 32.2. The number of aliphatic carboxylic acids is 1. The van der Waals surface area contributed by atoms with Crippen molar-refractivity contribution < 1.29 is 24.2 Å². The van der Waals surface area contributed by atoms with Crippen LogP contribution in [0, 0.1) is 20.8 Å². The van der Waals surface area contributed by atoms with Crippen molar-refractivity contribution in [3.05, 3.63) is 94.5 Å². The smallest absolute Gasteiger partial charge is 0.333 e. The second-order valence-corrected chi connectivity index (χ2v) is 11.1. The SMILES string of the molecule is CCOC(Cc1ccc(OCCN(CCCSCc2ccccc2)C(=O)Nc2cc(C)c(C)cc2C)cc1)C(=O)O. The molecule has 0 aliphatic heterocycles. The molecule has 1 atom stereocenters. The summed E-state index contributed by atoms with van der Waals surface area (Å²) in [5.74, 6) is 1.59. The quantitative estimate of drug-likeness (QED) is 0.180. The van der Waals surface area contributed by atoms with Gasteiger partial charge < -0.3 is 24.8 Å². The maximum absolute atomic E-state index is 13.3. The lowest BCUT2D eigenvalue weighted by atomic mass is 10.1. The molecule has 41 heavy (non-hydrogen) atoms. The van der Waals surface area contributed by atoms with E-state index in [4.69, 9.17) is 9.47 Å². The lowest BCUT2D eigenvalue weighted by molar-refractivity contribution is -0.149. The fourth-order valence-electron chi connectivity index (χ4n) is 4.35. The molecule has 0 spiro atoms. The van der Waals surface area contributed by atoms with Crippen molar-refractivity contribution in [2.75, 3.05) is 37.4 Å². The van der Waals surface area contributed by atoms with E-state index in [1.807, 2.05) is 66.9 Å². The van der Waals surface area contributed by atoms with Crippen LogP contribution in [0.4, 0.5) is 10.5 Å². The molecule has 0 bridgehead atoms. The number of urea groups is 1. The molecule has 0 heterocycles. The zero-order valence-electron chi connectivity index (χ0n) is 24.5. The molecule has 0 fully saturated rings. The van der Waals surface area contributed by atoms with Crippen molar-refractivity contribution in [1.29, 1.82) is 0 Å². The van der Waals surface area contributed by atoms with Gasteiger partial charge >= 0.3 is 12.0 Å². The van der Waals surface area contributed by atoms with Crippen molar-refractivity contribution in [3.63, 3.8) is 0 Å². The summed E-state index contributed by atoms with van der Waals surface area (Å²) in [6, 6.07) is 21.7. The van der Waals surface area contributed by atoms with E-state index >= 15 is 0 Å². The van der Waals surface area contributed by atoms with Crippen LogP contribution in [0.25, 0.3) is 0 Å². The summed E-state index contributed by atoms with van der Waals surface area (Å²) in [7, 11) is 0. The third kappa shape index (κ3) is 10.8. The maximum atomic E-state index is 13.3. The Morgan fingerprint density at radius 2 is 1.63 bits per heavy atom. The first-order valence-corrected chi connectivity index (χ1v) is 15.2. The molecule has 0 aromatic heterocycles. The fraction of sp³-hybridized carbons (Fsp3) is 0.394. The Balaban J connectivity index is 1.56. The van der Waals surface area contributed by atoms with E-state index in [2.05, 4.69) is 42.6 Å². The summed E-state index contributed by atoms with van der Waals surface area (Å²) in [6.45, 7) is 9.64. The van der Waals surface area contributed by atoms with Gasteiger partial charge in [-0.2, -0.15) is 11.8 Å². The largest absolute Gasteiger partial charge is 0.492 e. The van der Waals surface area contributed by atoms with E-state index in [9.17, 15) is 14.7 Å². The van der Waals surface area contributed by atoms with Crippen LogP contribution in [0.2, 0.25) is 0 Å². The highest BCUT2D eigenvalue weighted by molar-refractivity contribution is 7.98. The number of carboxylic acid groups (broad SMARTS) is 1. The number of ether oxygens (including phenoxy) is 2. The number of anilines is 1. The normalized spacial score (nSPS) is 11.6. The molecule has 2 N–H and O–H groups in total. The monoisotopic (exact) mass is 578 g/mol. The molecule has 3 aromatic rings. The maximum Gasteiger partial charge on any atom is 0.333 e. The number of rotatable bonds is 16. The number of thioether (sulfide) groups is 1. The van der Waals surface area contributed by atoms with Crippen LogP contribution >= 0.6 is 11.8 Å². The number of carbonyl (C=O) groups is 2. The minimum atomic E-state index is -0.972. The lowest BCUT2D eigenvalue weighted by Crippen LogP contribution is -2.39. The number of amides is 2. The Labute approximate surface area is 248 Å². The number of aryl methyl sites for hydroxylation is 3. The number of nitrogens with one attached hydrogen (secondary N) is 1. The molecule has 0 radical (unpaired) electrons. The Kier molecular flexibility index (Phi) is 13.0. The summed E-state index contributed by atoms with van der Waals surface area (Å²) < 4.78 is 11.3. The van der Waals surface area contributed by atoms with Crippen molar-refractivity contribution in [1.82, 2.24) is 4.90 Å². The van der Waals surface area contributed by atoms with Crippen molar-refractivity contribution in [3.8, 4) is 5.75 Å². The number of hydrogen-bond donors (Lipinski definition) is 2. The van der Waals surface area contributed by atoms with E-state index in [-0.39, 0.29) is 12.5 Å². The van der Waals surface area contributed by atoms with Gasteiger partial charge in [-0.25, -0.2) is 9.59 Å². The van der Waals surface area contributed by atoms with Gasteiger partial charge in [0.05, 0.1) is 6.54 Å². The summed E-state index contributed by atoms with van der Waals surface area (Å²) in [5, 5.41) is 12.4. The molecular weight excluding hydrogens is 536 g/mol. The molecule has 7 nitrogen and oxygen atoms in total. The second kappa shape index (κ2) is 16.7. The van der Waals surface area contributed by atoms with E-state index in [0.717, 1.165) is 40.3 Å². The minimum absolute atomic E-state index is 0.140. The lowest BCUT2D eigenvalue weighted by Gasteiger charge is -2.24. The van der Waals surface area contributed by atoms with Crippen LogP contribution in [0.15, 0.2) is 66.7 Å². The molecule has 0 saturated heterocycles. The van der Waals surface area contributed by atoms with Gasteiger partial charge in [0.2, 0.25) is 0 Å². The highest BCUT2D eigenvalue weighted by Crippen LogP contribution is 2.21. The third-order valence-electron chi connectivity index (χ3n) is 6.82. The van der Waals surface area contributed by atoms with Crippen molar-refractivity contribution in [2.24, 2.45) is 0 Å². The van der Waals surface area contributed by atoms with Gasteiger partial charge in [-0.15, -0.1) is 0 Å². The van der Waals surface area contributed by atoms with E-state index < -0.39 is 12.1 Å². The molecule has 220 valence electrons. The Bertz CT molecular complexity index is 1250. The summed E-state index contributed by atoms with van der Waals surface area (Å²) >= 11 is 1.87. The molecule has 2 amide bonds. The van der Waals surface area contributed by atoms with Gasteiger partial charge in [-0.1, -0.05) is 48.5 Å². The average molecular weight is 579 g/mol. The highest BCUT2D eigenvalue weighted by Gasteiger charge is 2.18. The molecular formula is C33H42N2O5S. The zero-order chi connectivity index (χ0) is 29.6. The third-order valence-corrected chi connectivity index (χ3v) is 7.93. The number of carboxylic acids is 1. The Morgan fingerprint density at radius 1 is 0.927 bits per heavy atom. The Morgan fingerprint density at radius 3 is 2.32 bits per heavy atom. The average Bonchev–Trinajstić information content (AvgIpc) is 2.95. The van der Waals surface area contributed by atoms with E-state index in [0.29, 0.717) is 32.1 Å². The second-order valence-electron chi connectivity index (χ2n) is 10.0. The summed E-state index contributed by atoms with van der Waals surface area (Å²) in [5.41, 5.74) is 6.35. The van der Waals surface area contributed by atoms with E-state index in [1.54, 1.807) is 6.92 Å². The zero-order valence-corrected chi connectivity index (χ0v) is 25.3. The van der Waals surface area contributed by atoms with Gasteiger partial charge in [0.25, 0.3) is 0 Å². The Hall–Kier alpha value is -3.49. The van der Waals surface area contributed by atoms with Crippen LogP contribution in [-0.4, -0.2) is 60.2 Å². The topological polar surface area (TPSA) is 88.1 Å². The number of benzene rings is 3. The molecule has 0 aliphatic rings. The van der Waals surface area contributed by atoms with Crippen molar-refractivity contribution >= 4 is 29.4 Å². The first-order valence-electron chi connectivity index (χ1n) is 14.1. The molecule has 8 heteroatoms. The summed E-state index contributed by atoms with van der Waals surface area (Å²) in [6.07, 6.45) is 0.291. The molecule has 0 aliphatic carbocycles. The van der Waals surface area contributed by atoms with Gasteiger partial charge in [0.15, 0.2) is 6.10 Å². The first-order chi connectivity index (χ1) is 19.8. The van der Waals surface area contributed by atoms with Crippen LogP contribution in [0.5, 0.6) is 5.75 Å². The van der Waals surface area contributed by atoms with E-state index in [1.165, 1.54) is 11.1 Å². The van der Waals surface area contributed by atoms with Crippen LogP contribution in [-0.2, 0) is 21.7 Å². The van der Waals surface area contributed by atoms with Gasteiger partial charge in [-0.3, -0.25) is 0 Å². The van der Waals surface area contributed by atoms with Crippen LogP contribution < -0.4 is 10.1 Å². The summed E-state index contributed by atoms with van der Waals surface area (Å²) in [4.78, 5) is 26.5. The predicted molar refractivity (Wildman–Crippen MR) is 167 cm³/mol. The number of nitrogens with zero attached hydrogens (tertiary/aromatic N) is 1. The van der Waals surface area contributed by atoms with Gasteiger partial charge in [-0.05, 0) is 85.9 Å². The molecule has 1 unspecified atom stereocenters. The van der Waals surface area contributed by atoms with Crippen LogP contribution in [0.1, 0.15) is 41.2 Å². The first kappa shape index (κ1) is 32.0. The van der Waals surface area contributed by atoms with Gasteiger partial charge in [0, 0.05) is 31.0 Å². The fourth-order valence-corrected chi connectivity index (χ4v) is 5.26. The number of carbonyl (C=O) groups excluding carboxylic acids is 1. The number of hydrogen-bond acceptors (Lipinski definition) is 5. The molecule has 3 rings (SSSR count). The molecule has 3 aromatic carbocycles. The van der Waals surface area contributed by atoms with Crippen molar-refractivity contribution in [2.45, 2.75) is 52.4 Å².